The average molecular weight is 168 g/mol. The van der Waals surface area contributed by atoms with Gasteiger partial charge in [-0.25, -0.2) is 0 Å². The second-order valence-corrected chi connectivity index (χ2v) is 3.97. The smallest absolute Gasteiger partial charge is 0.222 e. The molecule has 1 aliphatic carbocycles. The van der Waals surface area contributed by atoms with Crippen molar-refractivity contribution >= 4 is 5.91 Å². The Labute approximate surface area is 72.7 Å². The molecule has 1 aliphatic heterocycles. The number of nitrogens with two attached hydrogens (primary N) is 1. The van der Waals surface area contributed by atoms with Gasteiger partial charge in [0.15, 0.2) is 0 Å². The molecule has 68 valence electrons. The summed E-state index contributed by atoms with van der Waals surface area (Å²) in [6.07, 6.45) is 4.99. The summed E-state index contributed by atoms with van der Waals surface area (Å²) in [6.45, 7) is 0.810. The third-order valence-corrected chi connectivity index (χ3v) is 3.30. The van der Waals surface area contributed by atoms with Crippen LogP contribution in [0.5, 0.6) is 0 Å². The highest BCUT2D eigenvalue weighted by atomic mass is 16.1. The lowest BCUT2D eigenvalue weighted by Gasteiger charge is -2.26. The van der Waals surface area contributed by atoms with E-state index in [1.54, 1.807) is 0 Å². The molecule has 1 heterocycles. The largest absolute Gasteiger partial charge is 0.369 e. The Bertz CT molecular complexity index is 193. The molecular formula is C9H16N2O. The van der Waals surface area contributed by atoms with E-state index in [4.69, 9.17) is 5.73 Å². The van der Waals surface area contributed by atoms with Crippen molar-refractivity contribution in [3.63, 3.8) is 0 Å². The molecule has 3 nitrogen and oxygen atoms in total. The molecule has 1 amide bonds. The fraction of sp³-hybridized carbons (Fsp3) is 0.889. The molecule has 0 aromatic heterocycles. The summed E-state index contributed by atoms with van der Waals surface area (Å²) in [6, 6.07) is 0.580. The Morgan fingerprint density at radius 1 is 1.33 bits per heavy atom. The first-order valence-corrected chi connectivity index (χ1v) is 4.82. The zero-order valence-corrected chi connectivity index (χ0v) is 7.25. The zero-order chi connectivity index (χ0) is 8.55. The van der Waals surface area contributed by atoms with Gasteiger partial charge in [-0.15, -0.1) is 0 Å². The Hall–Kier alpha value is -0.570. The minimum atomic E-state index is -0.114. The Morgan fingerprint density at radius 3 is 2.83 bits per heavy atom. The van der Waals surface area contributed by atoms with Gasteiger partial charge in [0, 0.05) is 12.6 Å². The topological polar surface area (TPSA) is 55.1 Å². The number of primary amides is 1. The van der Waals surface area contributed by atoms with Crippen LogP contribution in [0.15, 0.2) is 0 Å². The van der Waals surface area contributed by atoms with E-state index in [0.29, 0.717) is 12.0 Å². The molecule has 3 heteroatoms. The van der Waals surface area contributed by atoms with Gasteiger partial charge in [-0.1, -0.05) is 12.8 Å². The van der Waals surface area contributed by atoms with Crippen LogP contribution >= 0.6 is 0 Å². The van der Waals surface area contributed by atoms with Crippen LogP contribution in [0.4, 0.5) is 0 Å². The average Bonchev–Trinajstić information content (AvgIpc) is 2.47. The minimum absolute atomic E-state index is 0.107. The van der Waals surface area contributed by atoms with E-state index in [9.17, 15) is 4.79 Å². The lowest BCUT2D eigenvalue weighted by molar-refractivity contribution is -0.122. The van der Waals surface area contributed by atoms with Crippen LogP contribution in [-0.2, 0) is 4.79 Å². The van der Waals surface area contributed by atoms with Gasteiger partial charge in [-0.05, 0) is 18.8 Å². The van der Waals surface area contributed by atoms with Gasteiger partial charge in [0.1, 0.15) is 0 Å². The predicted molar refractivity (Wildman–Crippen MR) is 46.4 cm³/mol. The third-order valence-electron chi connectivity index (χ3n) is 3.30. The van der Waals surface area contributed by atoms with Crippen LogP contribution in [0.1, 0.15) is 25.7 Å². The summed E-state index contributed by atoms with van der Waals surface area (Å²) in [5.41, 5.74) is 5.33. The van der Waals surface area contributed by atoms with Crippen molar-refractivity contribution in [3.05, 3.63) is 0 Å². The normalized spacial score (nSPS) is 40.8. The van der Waals surface area contributed by atoms with E-state index >= 15 is 0 Å². The molecule has 0 aromatic carbocycles. The number of carbonyl (C=O) groups is 1. The molecule has 0 unspecified atom stereocenters. The highest BCUT2D eigenvalue weighted by Gasteiger charge is 2.39. The summed E-state index contributed by atoms with van der Waals surface area (Å²) in [4.78, 5) is 11.0. The molecule has 1 saturated heterocycles. The third kappa shape index (κ3) is 1.22. The highest BCUT2D eigenvalue weighted by Crippen LogP contribution is 2.34. The van der Waals surface area contributed by atoms with Crippen molar-refractivity contribution in [3.8, 4) is 0 Å². The monoisotopic (exact) mass is 168 g/mol. The Kier molecular flexibility index (Phi) is 2.05. The van der Waals surface area contributed by atoms with Gasteiger partial charge in [-0.3, -0.25) is 4.79 Å². The molecule has 3 atom stereocenters. The number of amides is 1. The molecule has 2 aliphatic rings. The van der Waals surface area contributed by atoms with E-state index in [1.807, 2.05) is 0 Å². The fourth-order valence-corrected chi connectivity index (χ4v) is 2.64. The predicted octanol–water partition coefficient (Wildman–Crippen LogP) is 0.250. The van der Waals surface area contributed by atoms with E-state index in [0.717, 1.165) is 6.54 Å². The van der Waals surface area contributed by atoms with Crippen LogP contribution < -0.4 is 11.1 Å². The van der Waals surface area contributed by atoms with Crippen molar-refractivity contribution in [1.82, 2.24) is 5.32 Å². The number of hydrogen-bond donors (Lipinski definition) is 2. The number of hydrogen-bond acceptors (Lipinski definition) is 2. The highest BCUT2D eigenvalue weighted by molar-refractivity contribution is 5.77. The Balaban J connectivity index is 2.05. The van der Waals surface area contributed by atoms with E-state index in [1.165, 1.54) is 25.7 Å². The number of fused-ring (bicyclic) bond motifs is 1. The summed E-state index contributed by atoms with van der Waals surface area (Å²) in [5.74, 6) is 0.531. The SMILES string of the molecule is NC(=O)[C@@H]1CN[C@@H]2CCCC[C@@H]21. The molecule has 0 radical (unpaired) electrons. The van der Waals surface area contributed by atoms with Crippen molar-refractivity contribution < 1.29 is 4.79 Å². The zero-order valence-electron chi connectivity index (χ0n) is 7.25. The maximum absolute atomic E-state index is 11.0. The number of nitrogens with one attached hydrogen (secondary N) is 1. The summed E-state index contributed by atoms with van der Waals surface area (Å²) in [7, 11) is 0. The molecule has 0 spiro atoms. The first-order chi connectivity index (χ1) is 5.79. The van der Waals surface area contributed by atoms with Crippen molar-refractivity contribution in [2.75, 3.05) is 6.54 Å². The molecule has 0 aromatic rings. The maximum atomic E-state index is 11.0. The second kappa shape index (κ2) is 3.05. The second-order valence-electron chi connectivity index (χ2n) is 3.97. The maximum Gasteiger partial charge on any atom is 0.222 e. The quantitative estimate of drug-likeness (QED) is 0.589. The first kappa shape index (κ1) is 8.05. The van der Waals surface area contributed by atoms with Crippen LogP contribution in [0, 0.1) is 11.8 Å². The molecular weight excluding hydrogens is 152 g/mol. The Morgan fingerprint density at radius 2 is 2.08 bits per heavy atom. The van der Waals surface area contributed by atoms with Gasteiger partial charge >= 0.3 is 0 Å². The van der Waals surface area contributed by atoms with Gasteiger partial charge < -0.3 is 11.1 Å². The molecule has 12 heavy (non-hydrogen) atoms. The first-order valence-electron chi connectivity index (χ1n) is 4.82. The van der Waals surface area contributed by atoms with E-state index in [-0.39, 0.29) is 11.8 Å². The molecule has 1 saturated carbocycles. The van der Waals surface area contributed by atoms with Gasteiger partial charge in [0.25, 0.3) is 0 Å². The number of carbonyl (C=O) groups excluding carboxylic acids is 1. The lowest BCUT2D eigenvalue weighted by atomic mass is 9.80. The lowest BCUT2D eigenvalue weighted by Crippen LogP contribution is -2.33. The number of rotatable bonds is 1. The van der Waals surface area contributed by atoms with Crippen LogP contribution in [0.25, 0.3) is 0 Å². The fourth-order valence-electron chi connectivity index (χ4n) is 2.64. The molecule has 3 N–H and O–H groups in total. The molecule has 2 fully saturated rings. The van der Waals surface area contributed by atoms with E-state index < -0.39 is 0 Å². The van der Waals surface area contributed by atoms with Crippen LogP contribution in [0.2, 0.25) is 0 Å². The summed E-state index contributed by atoms with van der Waals surface area (Å²) in [5, 5.41) is 3.39. The summed E-state index contributed by atoms with van der Waals surface area (Å²) < 4.78 is 0. The van der Waals surface area contributed by atoms with Gasteiger partial charge in [-0.2, -0.15) is 0 Å². The molecule has 0 bridgehead atoms. The minimum Gasteiger partial charge on any atom is -0.369 e. The molecule has 2 rings (SSSR count). The standard InChI is InChI=1S/C9H16N2O/c10-9(12)7-5-11-8-4-2-1-3-6(7)8/h6-8,11H,1-5H2,(H2,10,12)/t6-,7-,8-/m1/s1. The van der Waals surface area contributed by atoms with Crippen molar-refractivity contribution in [1.29, 1.82) is 0 Å². The van der Waals surface area contributed by atoms with Gasteiger partial charge in [0.2, 0.25) is 5.91 Å². The van der Waals surface area contributed by atoms with Crippen LogP contribution in [0.3, 0.4) is 0 Å². The van der Waals surface area contributed by atoms with E-state index in [2.05, 4.69) is 5.32 Å². The van der Waals surface area contributed by atoms with Crippen LogP contribution in [-0.4, -0.2) is 18.5 Å². The summed E-state index contributed by atoms with van der Waals surface area (Å²) >= 11 is 0. The van der Waals surface area contributed by atoms with Gasteiger partial charge in [0.05, 0.1) is 5.92 Å². The van der Waals surface area contributed by atoms with Crippen molar-refractivity contribution in [2.24, 2.45) is 17.6 Å². The van der Waals surface area contributed by atoms with Crippen molar-refractivity contribution in [2.45, 2.75) is 31.7 Å².